The predicted octanol–water partition coefficient (Wildman–Crippen LogP) is -0.116. The third-order valence-corrected chi connectivity index (χ3v) is 2.16. The van der Waals surface area contributed by atoms with Crippen molar-refractivity contribution in [1.29, 1.82) is 0 Å². The number of hydrogen-bond acceptors (Lipinski definition) is 3. The van der Waals surface area contributed by atoms with E-state index in [2.05, 4.69) is 10.4 Å². The molecule has 1 N–H and O–H groups in total. The summed E-state index contributed by atoms with van der Waals surface area (Å²) in [6, 6.07) is 13.1. The van der Waals surface area contributed by atoms with Crippen molar-refractivity contribution in [2.75, 3.05) is 0 Å². The highest BCUT2D eigenvalue weighted by Gasteiger charge is 2.04. The van der Waals surface area contributed by atoms with Crippen LogP contribution < -0.4 is 15.1 Å². The maximum absolute atomic E-state index is 11.6. The molecule has 0 unspecified atom stereocenters. The van der Waals surface area contributed by atoms with Crippen LogP contribution in [-0.4, -0.2) is 11.9 Å². The molecular formula is C13H11N3O2. The topological polar surface area (TPSA) is 68.4 Å². The van der Waals surface area contributed by atoms with E-state index in [1.54, 1.807) is 60.9 Å². The molecule has 5 nitrogen and oxygen atoms in total. The molecule has 0 atom stereocenters. The maximum Gasteiger partial charge on any atom is 0.256 e. The highest BCUT2D eigenvalue weighted by Crippen LogP contribution is 1.96. The summed E-state index contributed by atoms with van der Waals surface area (Å²) >= 11 is 0. The summed E-state index contributed by atoms with van der Waals surface area (Å²) < 4.78 is 1.33. The zero-order valence-corrected chi connectivity index (χ0v) is 9.48. The van der Waals surface area contributed by atoms with Gasteiger partial charge in [-0.2, -0.15) is 0 Å². The normalized spacial score (nSPS) is 11.0. The van der Waals surface area contributed by atoms with Gasteiger partial charge < -0.3 is 10.4 Å². The molecule has 0 saturated carbocycles. The Morgan fingerprint density at radius 2 is 1.67 bits per heavy atom. The Morgan fingerprint density at radius 3 is 2.33 bits per heavy atom. The van der Waals surface area contributed by atoms with Gasteiger partial charge in [-0.3, -0.25) is 4.79 Å². The van der Waals surface area contributed by atoms with Gasteiger partial charge in [0.25, 0.3) is 5.91 Å². The van der Waals surface area contributed by atoms with Crippen LogP contribution in [0, 0.1) is 0 Å². The highest BCUT2D eigenvalue weighted by molar-refractivity contribution is 6.02. The molecule has 2 rings (SSSR count). The molecule has 2 aromatic rings. The summed E-state index contributed by atoms with van der Waals surface area (Å²) in [4.78, 5) is 11.6. The van der Waals surface area contributed by atoms with Gasteiger partial charge in [-0.25, -0.2) is 0 Å². The smallest absolute Gasteiger partial charge is 0.256 e. The lowest BCUT2D eigenvalue weighted by atomic mass is 10.2. The van der Waals surface area contributed by atoms with Crippen LogP contribution in [0.1, 0.15) is 10.4 Å². The summed E-state index contributed by atoms with van der Waals surface area (Å²) in [5, 5.41) is 17.3. The lowest BCUT2D eigenvalue weighted by Crippen LogP contribution is -2.44. The van der Waals surface area contributed by atoms with Crippen LogP contribution in [0.15, 0.2) is 66.0 Å². The van der Waals surface area contributed by atoms with Crippen molar-refractivity contribution in [3.8, 4) is 0 Å². The molecule has 0 aliphatic carbocycles. The van der Waals surface area contributed by atoms with Gasteiger partial charge in [0, 0.05) is 22.8 Å². The van der Waals surface area contributed by atoms with Crippen molar-refractivity contribution in [2.45, 2.75) is 0 Å². The van der Waals surface area contributed by atoms with E-state index in [0.717, 1.165) is 0 Å². The summed E-state index contributed by atoms with van der Waals surface area (Å²) in [7, 11) is 0. The second kappa shape index (κ2) is 5.58. The summed E-state index contributed by atoms with van der Waals surface area (Å²) in [6.07, 6.45) is 3.21. The molecule has 90 valence electrons. The van der Waals surface area contributed by atoms with Crippen molar-refractivity contribution in [1.82, 2.24) is 5.32 Å². The van der Waals surface area contributed by atoms with E-state index >= 15 is 0 Å². The molecule has 0 bridgehead atoms. The number of rotatable bonds is 2. The minimum Gasteiger partial charge on any atom is -0.842 e. The van der Waals surface area contributed by atoms with E-state index in [4.69, 9.17) is 0 Å². The van der Waals surface area contributed by atoms with Gasteiger partial charge in [0.05, 0.1) is 0 Å². The van der Waals surface area contributed by atoms with Gasteiger partial charge in [0.2, 0.25) is 12.4 Å². The molecule has 1 aromatic carbocycles. The molecule has 0 saturated heterocycles. The fourth-order valence-corrected chi connectivity index (χ4v) is 1.34. The standard InChI is InChI=1S/C13H11N3O2/c17-12(11-7-3-1-4-8-11)14-13(18)15-16-9-5-2-6-10-16/h1-10H,(H-,14,15,17,18). The second-order valence-corrected chi connectivity index (χ2v) is 3.48. The number of hydrogen-bond donors (Lipinski definition) is 1. The molecule has 1 amide bonds. The van der Waals surface area contributed by atoms with Gasteiger partial charge in [-0.1, -0.05) is 28.9 Å². The average Bonchev–Trinajstić information content (AvgIpc) is 2.40. The van der Waals surface area contributed by atoms with Crippen molar-refractivity contribution < 1.29 is 14.6 Å². The Morgan fingerprint density at radius 1 is 1.06 bits per heavy atom. The average molecular weight is 241 g/mol. The Balaban J connectivity index is 2.06. The lowest BCUT2D eigenvalue weighted by molar-refractivity contribution is -0.681. The van der Waals surface area contributed by atoms with Gasteiger partial charge in [-0.05, 0) is 12.1 Å². The van der Waals surface area contributed by atoms with Crippen LogP contribution >= 0.6 is 0 Å². The minimum atomic E-state index is -0.708. The number of pyridine rings is 1. The quantitative estimate of drug-likeness (QED) is 0.452. The first kappa shape index (κ1) is 11.8. The monoisotopic (exact) mass is 241 g/mol. The molecule has 0 fully saturated rings. The summed E-state index contributed by atoms with van der Waals surface area (Å²) in [5.74, 6) is -0.471. The maximum atomic E-state index is 11.6. The van der Waals surface area contributed by atoms with Gasteiger partial charge in [-0.15, -0.1) is 0 Å². The fraction of sp³-hybridized carbons (Fsp3) is 0. The Kier molecular flexibility index (Phi) is 3.66. The van der Waals surface area contributed by atoms with Crippen LogP contribution in [0.4, 0.5) is 0 Å². The molecule has 1 aromatic heterocycles. The summed E-state index contributed by atoms with van der Waals surface area (Å²) in [5.41, 5.74) is 0.416. The second-order valence-electron chi connectivity index (χ2n) is 3.48. The first-order chi connectivity index (χ1) is 8.75. The van der Waals surface area contributed by atoms with Crippen LogP contribution in [-0.2, 0) is 0 Å². The van der Waals surface area contributed by atoms with Crippen LogP contribution in [0.2, 0.25) is 0 Å². The summed E-state index contributed by atoms with van der Waals surface area (Å²) in [6.45, 7) is 0. The number of amides is 1. The van der Waals surface area contributed by atoms with Crippen molar-refractivity contribution in [3.05, 3.63) is 66.5 Å². The number of benzene rings is 1. The molecule has 0 spiro atoms. The van der Waals surface area contributed by atoms with Crippen LogP contribution in [0.3, 0.4) is 0 Å². The van der Waals surface area contributed by atoms with Gasteiger partial charge >= 0.3 is 0 Å². The van der Waals surface area contributed by atoms with E-state index in [1.165, 1.54) is 4.68 Å². The molecule has 0 aliphatic heterocycles. The largest absolute Gasteiger partial charge is 0.842 e. The van der Waals surface area contributed by atoms with Crippen molar-refractivity contribution in [3.63, 3.8) is 0 Å². The molecule has 1 heterocycles. The third-order valence-electron chi connectivity index (χ3n) is 2.16. The third kappa shape index (κ3) is 3.15. The predicted molar refractivity (Wildman–Crippen MR) is 63.4 cm³/mol. The number of nitrogens with zero attached hydrogens (tertiary/aromatic N) is 2. The van der Waals surface area contributed by atoms with E-state index in [1.807, 2.05) is 0 Å². The first-order valence-electron chi connectivity index (χ1n) is 5.34. The fourth-order valence-electron chi connectivity index (χ4n) is 1.34. The first-order valence-corrected chi connectivity index (χ1v) is 5.34. The van der Waals surface area contributed by atoms with Gasteiger partial charge in [0.15, 0.2) is 0 Å². The van der Waals surface area contributed by atoms with E-state index in [9.17, 15) is 9.90 Å². The number of amidine groups is 1. The van der Waals surface area contributed by atoms with Gasteiger partial charge in [0.1, 0.15) is 6.02 Å². The molecule has 18 heavy (non-hydrogen) atoms. The Labute approximate surface area is 104 Å². The van der Waals surface area contributed by atoms with E-state index in [-0.39, 0.29) is 0 Å². The lowest BCUT2D eigenvalue weighted by Gasteiger charge is -2.08. The number of carbonyl (C=O) groups excluding carboxylic acids is 1. The number of carbonyl (C=O) groups is 1. The van der Waals surface area contributed by atoms with Crippen molar-refractivity contribution in [2.24, 2.45) is 5.10 Å². The number of aromatic nitrogens is 1. The van der Waals surface area contributed by atoms with E-state index in [0.29, 0.717) is 5.56 Å². The molecule has 0 radical (unpaired) electrons. The van der Waals surface area contributed by atoms with Crippen LogP contribution in [0.5, 0.6) is 0 Å². The zero-order chi connectivity index (χ0) is 12.8. The molecule has 5 heteroatoms. The van der Waals surface area contributed by atoms with Crippen molar-refractivity contribution >= 4 is 11.9 Å². The Bertz CT molecular complexity index is 553. The van der Waals surface area contributed by atoms with E-state index < -0.39 is 11.9 Å². The SMILES string of the molecule is O=C(N/C([O-])=N\[n+]1ccccc1)c1ccccc1. The Hall–Kier alpha value is -2.69. The zero-order valence-electron chi connectivity index (χ0n) is 9.48. The minimum absolute atomic E-state index is 0.416. The number of nitrogens with one attached hydrogen (secondary N) is 1. The highest BCUT2D eigenvalue weighted by atomic mass is 16.3. The molecular weight excluding hydrogens is 230 g/mol. The molecule has 0 aliphatic rings. The van der Waals surface area contributed by atoms with Crippen LogP contribution in [0.25, 0.3) is 0 Å².